The second-order valence-corrected chi connectivity index (χ2v) is 4.62. The molecule has 0 aromatic carbocycles. The van der Waals surface area contributed by atoms with Gasteiger partial charge in [0.05, 0.1) is 0 Å². The Kier molecular flexibility index (Phi) is 6.20. The van der Waals surface area contributed by atoms with Crippen LogP contribution in [0.25, 0.3) is 0 Å². The normalized spacial score (nSPS) is 17.6. The summed E-state index contributed by atoms with van der Waals surface area (Å²) in [5, 5.41) is 0. The zero-order valence-corrected chi connectivity index (χ0v) is 10.8. The van der Waals surface area contributed by atoms with Gasteiger partial charge in [0.2, 0.25) is 5.91 Å². The van der Waals surface area contributed by atoms with E-state index in [4.69, 9.17) is 0 Å². The van der Waals surface area contributed by atoms with Crippen LogP contribution in [0.4, 0.5) is 0 Å². The Morgan fingerprint density at radius 1 is 1.12 bits per heavy atom. The molecule has 1 aliphatic heterocycles. The predicted molar refractivity (Wildman–Crippen MR) is 68.3 cm³/mol. The number of rotatable bonds is 5. The van der Waals surface area contributed by atoms with Crippen LogP contribution in [0.2, 0.25) is 0 Å². The van der Waals surface area contributed by atoms with Crippen LogP contribution in [0.5, 0.6) is 0 Å². The number of nitrogens with zero attached hydrogens (tertiary/aromatic N) is 1. The maximum Gasteiger partial charge on any atom is 0.249 e. The summed E-state index contributed by atoms with van der Waals surface area (Å²) >= 11 is 0. The van der Waals surface area contributed by atoms with Gasteiger partial charge in [0, 0.05) is 18.7 Å². The SMILES string of the molecule is CCC/C=C(\CCC)C(=O)N1CCCCC1. The number of amides is 1. The van der Waals surface area contributed by atoms with Crippen molar-refractivity contribution < 1.29 is 4.79 Å². The van der Waals surface area contributed by atoms with Crippen molar-refractivity contribution in [1.82, 2.24) is 4.90 Å². The van der Waals surface area contributed by atoms with Crippen LogP contribution in [0, 0.1) is 0 Å². The number of carbonyl (C=O) groups is 1. The molecule has 0 aromatic rings. The number of hydrogen-bond acceptors (Lipinski definition) is 1. The van der Waals surface area contributed by atoms with E-state index in [0.717, 1.165) is 44.3 Å². The van der Waals surface area contributed by atoms with E-state index in [0.29, 0.717) is 5.91 Å². The topological polar surface area (TPSA) is 20.3 Å². The van der Waals surface area contributed by atoms with Gasteiger partial charge < -0.3 is 4.90 Å². The van der Waals surface area contributed by atoms with Gasteiger partial charge in [0.15, 0.2) is 0 Å². The van der Waals surface area contributed by atoms with Gasteiger partial charge in [0.25, 0.3) is 0 Å². The molecular weight excluding hydrogens is 198 g/mol. The molecule has 2 nitrogen and oxygen atoms in total. The molecule has 1 aliphatic rings. The van der Waals surface area contributed by atoms with Crippen molar-refractivity contribution >= 4 is 5.91 Å². The van der Waals surface area contributed by atoms with Gasteiger partial charge >= 0.3 is 0 Å². The molecule has 0 saturated carbocycles. The van der Waals surface area contributed by atoms with E-state index in [1.54, 1.807) is 0 Å². The van der Waals surface area contributed by atoms with Crippen LogP contribution >= 0.6 is 0 Å². The molecule has 92 valence electrons. The Morgan fingerprint density at radius 2 is 1.81 bits per heavy atom. The third kappa shape index (κ3) is 3.99. The van der Waals surface area contributed by atoms with Crippen LogP contribution in [-0.4, -0.2) is 23.9 Å². The summed E-state index contributed by atoms with van der Waals surface area (Å²) in [5.41, 5.74) is 1.05. The minimum absolute atomic E-state index is 0.301. The first-order valence-electron chi connectivity index (χ1n) is 6.77. The largest absolute Gasteiger partial charge is 0.339 e. The molecule has 2 heteroatoms. The van der Waals surface area contributed by atoms with Gasteiger partial charge in [-0.25, -0.2) is 0 Å². The summed E-state index contributed by atoms with van der Waals surface area (Å²) in [5.74, 6) is 0.301. The molecule has 1 rings (SSSR count). The van der Waals surface area contributed by atoms with Crippen molar-refractivity contribution in [3.05, 3.63) is 11.6 Å². The molecule has 0 aromatic heterocycles. The number of likely N-dealkylation sites (tertiary alicyclic amines) is 1. The van der Waals surface area contributed by atoms with Crippen LogP contribution in [0.15, 0.2) is 11.6 Å². The molecule has 1 fully saturated rings. The molecular formula is C14H25NO. The fraction of sp³-hybridized carbons (Fsp3) is 0.786. The van der Waals surface area contributed by atoms with E-state index in [9.17, 15) is 4.79 Å². The van der Waals surface area contributed by atoms with E-state index in [2.05, 4.69) is 19.9 Å². The zero-order chi connectivity index (χ0) is 11.8. The molecule has 0 atom stereocenters. The van der Waals surface area contributed by atoms with E-state index < -0.39 is 0 Å². The Labute approximate surface area is 99.7 Å². The minimum Gasteiger partial charge on any atom is -0.339 e. The van der Waals surface area contributed by atoms with Crippen molar-refractivity contribution in [2.75, 3.05) is 13.1 Å². The number of piperidine rings is 1. The minimum atomic E-state index is 0.301. The third-order valence-electron chi connectivity index (χ3n) is 3.12. The average Bonchev–Trinajstić information content (AvgIpc) is 2.35. The molecule has 16 heavy (non-hydrogen) atoms. The van der Waals surface area contributed by atoms with Crippen LogP contribution < -0.4 is 0 Å². The maximum atomic E-state index is 12.3. The van der Waals surface area contributed by atoms with E-state index in [-0.39, 0.29) is 0 Å². The summed E-state index contributed by atoms with van der Waals surface area (Å²) in [6, 6.07) is 0. The first kappa shape index (κ1) is 13.3. The Bertz CT molecular complexity index is 239. The molecule has 0 radical (unpaired) electrons. The second kappa shape index (κ2) is 7.48. The van der Waals surface area contributed by atoms with E-state index in [1.165, 1.54) is 19.3 Å². The van der Waals surface area contributed by atoms with Crippen molar-refractivity contribution in [2.45, 2.75) is 58.8 Å². The molecule has 0 unspecified atom stereocenters. The fourth-order valence-corrected chi connectivity index (χ4v) is 2.18. The quantitative estimate of drug-likeness (QED) is 0.653. The highest BCUT2D eigenvalue weighted by atomic mass is 16.2. The number of hydrogen-bond donors (Lipinski definition) is 0. The predicted octanol–water partition coefficient (Wildman–Crippen LogP) is 3.53. The summed E-state index contributed by atoms with van der Waals surface area (Å²) in [4.78, 5) is 14.3. The summed E-state index contributed by atoms with van der Waals surface area (Å²) < 4.78 is 0. The standard InChI is InChI=1S/C14H25NO/c1-3-5-10-13(9-4-2)14(16)15-11-7-6-8-12-15/h10H,3-9,11-12H2,1-2H3/b13-10+. The summed E-state index contributed by atoms with van der Waals surface area (Å²) in [7, 11) is 0. The lowest BCUT2D eigenvalue weighted by Gasteiger charge is -2.27. The van der Waals surface area contributed by atoms with E-state index >= 15 is 0 Å². The monoisotopic (exact) mass is 223 g/mol. The number of allylic oxidation sites excluding steroid dienone is 1. The number of unbranched alkanes of at least 4 members (excludes halogenated alkanes) is 1. The van der Waals surface area contributed by atoms with Crippen LogP contribution in [0.1, 0.15) is 58.8 Å². The molecule has 0 aliphatic carbocycles. The van der Waals surface area contributed by atoms with Crippen molar-refractivity contribution in [1.29, 1.82) is 0 Å². The Morgan fingerprint density at radius 3 is 2.38 bits per heavy atom. The Balaban J connectivity index is 2.57. The molecule has 1 amide bonds. The number of carbonyl (C=O) groups excluding carboxylic acids is 1. The summed E-state index contributed by atoms with van der Waals surface area (Å²) in [6.45, 7) is 6.23. The van der Waals surface area contributed by atoms with Crippen LogP contribution in [-0.2, 0) is 4.79 Å². The van der Waals surface area contributed by atoms with E-state index in [1.807, 2.05) is 4.90 Å². The lowest BCUT2D eigenvalue weighted by Crippen LogP contribution is -2.36. The summed E-state index contributed by atoms with van der Waals surface area (Å²) in [6.07, 6.45) is 9.96. The first-order chi connectivity index (χ1) is 7.79. The second-order valence-electron chi connectivity index (χ2n) is 4.62. The molecule has 1 saturated heterocycles. The van der Waals surface area contributed by atoms with Gasteiger partial charge in [0.1, 0.15) is 0 Å². The average molecular weight is 223 g/mol. The molecule has 0 bridgehead atoms. The van der Waals surface area contributed by atoms with Gasteiger partial charge in [-0.2, -0.15) is 0 Å². The fourth-order valence-electron chi connectivity index (χ4n) is 2.18. The van der Waals surface area contributed by atoms with Gasteiger partial charge in [-0.1, -0.05) is 32.8 Å². The van der Waals surface area contributed by atoms with Gasteiger partial charge in [-0.05, 0) is 32.1 Å². The first-order valence-corrected chi connectivity index (χ1v) is 6.77. The maximum absolute atomic E-state index is 12.3. The lowest BCUT2D eigenvalue weighted by molar-refractivity contribution is -0.128. The van der Waals surface area contributed by atoms with Crippen molar-refractivity contribution in [3.63, 3.8) is 0 Å². The highest BCUT2D eigenvalue weighted by molar-refractivity contribution is 5.93. The molecule has 1 heterocycles. The Hall–Kier alpha value is -0.790. The highest BCUT2D eigenvalue weighted by Gasteiger charge is 2.19. The third-order valence-corrected chi connectivity index (χ3v) is 3.12. The lowest BCUT2D eigenvalue weighted by atomic mass is 10.0. The smallest absolute Gasteiger partial charge is 0.249 e. The zero-order valence-electron chi connectivity index (χ0n) is 10.8. The van der Waals surface area contributed by atoms with Crippen molar-refractivity contribution in [3.8, 4) is 0 Å². The van der Waals surface area contributed by atoms with Crippen LogP contribution in [0.3, 0.4) is 0 Å². The van der Waals surface area contributed by atoms with Gasteiger partial charge in [-0.3, -0.25) is 4.79 Å². The van der Waals surface area contributed by atoms with Crippen molar-refractivity contribution in [2.24, 2.45) is 0 Å². The van der Waals surface area contributed by atoms with Gasteiger partial charge in [-0.15, -0.1) is 0 Å². The molecule has 0 N–H and O–H groups in total. The highest BCUT2D eigenvalue weighted by Crippen LogP contribution is 2.16. The molecule has 0 spiro atoms.